The van der Waals surface area contributed by atoms with Gasteiger partial charge in [-0.2, -0.15) is 0 Å². The average molecular weight is 419 g/mol. The van der Waals surface area contributed by atoms with Crippen molar-refractivity contribution in [3.05, 3.63) is 0 Å². The molecule has 0 heterocycles. The van der Waals surface area contributed by atoms with Gasteiger partial charge in [0, 0.05) is 20.6 Å². The lowest BCUT2D eigenvalue weighted by Crippen LogP contribution is -2.18. The van der Waals surface area contributed by atoms with Crippen LogP contribution in [0.4, 0.5) is 0 Å². The fraction of sp³-hybridized carbons (Fsp3) is 1.00. The molecule has 0 aromatic carbocycles. The van der Waals surface area contributed by atoms with E-state index in [4.69, 9.17) is 0 Å². The SMILES string of the molecule is CCCCCCCCCCCC[P+](C)(C)CC(P(=O)(O)O)P(=O)(O)O. The Kier molecular flexibility index (Phi) is 12.6. The maximum absolute atomic E-state index is 11.4. The van der Waals surface area contributed by atoms with E-state index >= 15 is 0 Å². The topological polar surface area (TPSA) is 115 Å². The molecular weight excluding hydrogens is 381 g/mol. The third kappa shape index (κ3) is 13.5. The molecule has 0 aliphatic rings. The first kappa shape index (κ1) is 25.7. The summed E-state index contributed by atoms with van der Waals surface area (Å²) < 4.78 is 22.8. The predicted molar refractivity (Wildman–Crippen MR) is 108 cm³/mol. The van der Waals surface area contributed by atoms with Crippen LogP contribution in [0.15, 0.2) is 0 Å². The fourth-order valence-corrected chi connectivity index (χ4v) is 11.0. The van der Waals surface area contributed by atoms with Crippen molar-refractivity contribution >= 4 is 22.5 Å². The van der Waals surface area contributed by atoms with E-state index in [9.17, 15) is 28.7 Å². The molecule has 0 fully saturated rings. The van der Waals surface area contributed by atoms with Crippen LogP contribution in [0.3, 0.4) is 0 Å². The maximum atomic E-state index is 11.4. The lowest BCUT2D eigenvalue weighted by molar-refractivity contribution is 0.342. The summed E-state index contributed by atoms with van der Waals surface area (Å²) in [4.78, 5) is 37.0. The van der Waals surface area contributed by atoms with E-state index in [1.165, 1.54) is 44.9 Å². The zero-order chi connectivity index (χ0) is 19.6. The minimum absolute atomic E-state index is 0.0566. The molecule has 0 aromatic rings. The zero-order valence-corrected chi connectivity index (χ0v) is 18.7. The molecule has 0 aliphatic heterocycles. The van der Waals surface area contributed by atoms with Crippen molar-refractivity contribution in [1.82, 2.24) is 0 Å². The van der Waals surface area contributed by atoms with Crippen LogP contribution in [0.1, 0.15) is 71.1 Å². The lowest BCUT2D eigenvalue weighted by atomic mass is 10.1. The molecule has 0 aliphatic carbocycles. The average Bonchev–Trinajstić information content (AvgIpc) is 2.44. The van der Waals surface area contributed by atoms with Gasteiger partial charge in [-0.15, -0.1) is 0 Å². The van der Waals surface area contributed by atoms with Crippen LogP contribution >= 0.6 is 22.5 Å². The van der Waals surface area contributed by atoms with Crippen LogP contribution in [-0.4, -0.2) is 50.6 Å². The molecule has 0 saturated carbocycles. The first-order valence-electron chi connectivity index (χ1n) is 9.32. The van der Waals surface area contributed by atoms with Crippen molar-refractivity contribution in [2.24, 2.45) is 0 Å². The summed E-state index contributed by atoms with van der Waals surface area (Å²) in [6.45, 7) is 6.07. The van der Waals surface area contributed by atoms with Crippen molar-refractivity contribution in [2.45, 2.75) is 76.5 Å². The van der Waals surface area contributed by atoms with E-state index in [0.717, 1.165) is 25.4 Å². The Labute approximate surface area is 153 Å². The van der Waals surface area contributed by atoms with Gasteiger partial charge in [0.25, 0.3) is 0 Å². The van der Waals surface area contributed by atoms with E-state index in [1.54, 1.807) is 0 Å². The molecule has 4 N–H and O–H groups in total. The molecule has 0 saturated heterocycles. The third-order valence-electron chi connectivity index (χ3n) is 4.55. The Morgan fingerprint density at radius 1 is 0.720 bits per heavy atom. The van der Waals surface area contributed by atoms with Crippen LogP contribution < -0.4 is 0 Å². The summed E-state index contributed by atoms with van der Waals surface area (Å²) >= 11 is 0. The number of hydrogen-bond donors (Lipinski definition) is 4. The Hall–Kier alpha value is 0.730. The summed E-state index contributed by atoms with van der Waals surface area (Å²) in [5.41, 5.74) is 0. The highest BCUT2D eigenvalue weighted by Gasteiger charge is 2.49. The lowest BCUT2D eigenvalue weighted by Gasteiger charge is -2.25. The van der Waals surface area contributed by atoms with Gasteiger partial charge in [-0.3, -0.25) is 9.13 Å². The van der Waals surface area contributed by atoms with Gasteiger partial charge in [0.1, 0.15) is 0 Å². The van der Waals surface area contributed by atoms with E-state index in [2.05, 4.69) is 6.92 Å². The number of rotatable bonds is 15. The van der Waals surface area contributed by atoms with Crippen LogP contribution in [0, 0.1) is 0 Å². The summed E-state index contributed by atoms with van der Waals surface area (Å²) in [6.07, 6.45) is 13.0. The highest BCUT2D eigenvalue weighted by Crippen LogP contribution is 2.67. The Balaban J connectivity index is 4.04. The molecule has 0 spiro atoms. The Morgan fingerprint density at radius 3 is 1.44 bits per heavy atom. The molecule has 0 unspecified atom stereocenters. The minimum atomic E-state index is -4.79. The molecule has 0 atom stereocenters. The van der Waals surface area contributed by atoms with E-state index in [0.29, 0.717) is 0 Å². The second-order valence-electron chi connectivity index (χ2n) is 7.68. The predicted octanol–water partition coefficient (Wildman–Crippen LogP) is 4.87. The quantitative estimate of drug-likeness (QED) is 0.222. The number of hydrogen-bond acceptors (Lipinski definition) is 2. The van der Waals surface area contributed by atoms with E-state index in [-0.39, 0.29) is 6.16 Å². The first-order valence-corrected chi connectivity index (χ1v) is 15.7. The molecule has 9 heteroatoms. The van der Waals surface area contributed by atoms with Crippen LogP contribution in [0.2, 0.25) is 0 Å². The summed E-state index contributed by atoms with van der Waals surface area (Å²) in [5.74, 6) is 0. The van der Waals surface area contributed by atoms with Gasteiger partial charge in [-0.05, 0) is 12.8 Å². The highest BCUT2D eigenvalue weighted by molar-refractivity contribution is 7.78. The summed E-state index contributed by atoms with van der Waals surface area (Å²) in [5, 5.41) is -1.84. The normalized spacial score (nSPS) is 13.6. The van der Waals surface area contributed by atoms with Crippen LogP contribution in [-0.2, 0) is 9.13 Å². The van der Waals surface area contributed by atoms with Crippen molar-refractivity contribution < 1.29 is 28.7 Å². The molecule has 0 radical (unpaired) electrons. The molecule has 0 aromatic heterocycles. The second-order valence-corrected chi connectivity index (χ2v) is 16.4. The van der Waals surface area contributed by atoms with Gasteiger partial charge in [0.05, 0.1) is 12.3 Å². The molecule has 0 amide bonds. The van der Waals surface area contributed by atoms with Crippen molar-refractivity contribution in [2.75, 3.05) is 25.7 Å². The van der Waals surface area contributed by atoms with Gasteiger partial charge in [-0.1, -0.05) is 58.3 Å². The van der Waals surface area contributed by atoms with Gasteiger partial charge in [-0.25, -0.2) is 0 Å². The Morgan fingerprint density at radius 2 is 1.08 bits per heavy atom. The minimum Gasteiger partial charge on any atom is -0.324 e. The van der Waals surface area contributed by atoms with Crippen LogP contribution in [0.25, 0.3) is 0 Å². The highest BCUT2D eigenvalue weighted by atomic mass is 31.2. The van der Waals surface area contributed by atoms with Gasteiger partial charge >= 0.3 is 15.2 Å². The van der Waals surface area contributed by atoms with E-state index < -0.39 is 27.9 Å². The molecule has 25 heavy (non-hydrogen) atoms. The molecule has 0 rings (SSSR count). The van der Waals surface area contributed by atoms with Crippen molar-refractivity contribution in [3.8, 4) is 0 Å². The second kappa shape index (κ2) is 12.2. The molecule has 152 valence electrons. The monoisotopic (exact) mass is 419 g/mol. The standard InChI is InChI=1S/C16H37O6P3/c1-4-5-6-7-8-9-10-11-12-13-14-23(2,3)15-16(24(17,18)19)25(20,21)22/h16H,4-15H2,1-3H3,(H3-,17,18,19,20,21,22)/p+1. The van der Waals surface area contributed by atoms with Gasteiger partial charge in [0.15, 0.2) is 5.40 Å². The zero-order valence-electron chi connectivity index (χ0n) is 16.0. The maximum Gasteiger partial charge on any atom is 0.344 e. The number of unbranched alkanes of at least 4 members (excludes halogenated alkanes) is 9. The third-order valence-corrected chi connectivity index (χ3v) is 11.7. The Bertz CT molecular complexity index is 421. The molecule has 0 bridgehead atoms. The molecular formula is C16H38O6P3+. The summed E-state index contributed by atoms with van der Waals surface area (Å²) in [7, 11) is -11.3. The summed E-state index contributed by atoms with van der Waals surface area (Å²) in [6, 6.07) is 0. The fourth-order valence-electron chi connectivity index (χ4n) is 2.97. The van der Waals surface area contributed by atoms with Crippen molar-refractivity contribution in [3.63, 3.8) is 0 Å². The van der Waals surface area contributed by atoms with Crippen LogP contribution in [0.5, 0.6) is 0 Å². The largest absolute Gasteiger partial charge is 0.344 e. The van der Waals surface area contributed by atoms with Gasteiger partial charge < -0.3 is 19.6 Å². The van der Waals surface area contributed by atoms with Gasteiger partial charge in [0.2, 0.25) is 0 Å². The smallest absolute Gasteiger partial charge is 0.324 e. The van der Waals surface area contributed by atoms with Crippen molar-refractivity contribution in [1.29, 1.82) is 0 Å². The first-order chi connectivity index (χ1) is 11.4. The molecule has 6 nitrogen and oxygen atoms in total. The van der Waals surface area contributed by atoms with E-state index in [1.807, 2.05) is 13.3 Å².